The van der Waals surface area contributed by atoms with E-state index in [-0.39, 0.29) is 11.8 Å². The zero-order chi connectivity index (χ0) is 19.8. The van der Waals surface area contributed by atoms with Crippen LogP contribution in [0.5, 0.6) is 0 Å². The lowest BCUT2D eigenvalue weighted by atomic mass is 9.90. The molecule has 2 heterocycles. The molecule has 0 radical (unpaired) electrons. The van der Waals surface area contributed by atoms with Crippen molar-refractivity contribution in [3.8, 4) is 0 Å². The Morgan fingerprint density at radius 2 is 1.89 bits per heavy atom. The fourth-order valence-corrected chi connectivity index (χ4v) is 3.49. The standard InChI is InChI=1S/C22H27N3O3/c1-28-15-12-24-21(26)19-7-5-17(6-8-19)16-18-9-13-25(14-10-18)22(27)20-4-2-3-11-23-20/h2-8,11,18H,9-10,12-16H2,1H3,(H,24,26). The average Bonchev–Trinajstić information content (AvgIpc) is 2.75. The zero-order valence-electron chi connectivity index (χ0n) is 16.3. The van der Waals surface area contributed by atoms with Crippen LogP contribution in [0.4, 0.5) is 0 Å². The minimum Gasteiger partial charge on any atom is -0.383 e. The maximum absolute atomic E-state index is 12.5. The van der Waals surface area contributed by atoms with Gasteiger partial charge >= 0.3 is 0 Å². The minimum absolute atomic E-state index is 0.0166. The third-order valence-corrected chi connectivity index (χ3v) is 5.12. The molecule has 28 heavy (non-hydrogen) atoms. The Balaban J connectivity index is 1.47. The van der Waals surface area contributed by atoms with Gasteiger partial charge in [0.05, 0.1) is 6.61 Å². The zero-order valence-corrected chi connectivity index (χ0v) is 16.3. The van der Waals surface area contributed by atoms with Crippen molar-refractivity contribution >= 4 is 11.8 Å². The lowest BCUT2D eigenvalue weighted by Crippen LogP contribution is -2.39. The average molecular weight is 381 g/mol. The molecule has 2 aromatic rings. The summed E-state index contributed by atoms with van der Waals surface area (Å²) in [6.45, 7) is 2.54. The number of hydrogen-bond donors (Lipinski definition) is 1. The van der Waals surface area contributed by atoms with Crippen molar-refractivity contribution in [3.63, 3.8) is 0 Å². The first-order chi connectivity index (χ1) is 13.7. The van der Waals surface area contributed by atoms with Gasteiger partial charge in [0.1, 0.15) is 5.69 Å². The molecular weight excluding hydrogens is 354 g/mol. The molecule has 0 unspecified atom stereocenters. The topological polar surface area (TPSA) is 71.5 Å². The van der Waals surface area contributed by atoms with E-state index in [0.717, 1.165) is 32.4 Å². The first-order valence-corrected chi connectivity index (χ1v) is 9.73. The third-order valence-electron chi connectivity index (χ3n) is 5.12. The molecule has 1 saturated heterocycles. The Hall–Kier alpha value is -2.73. The summed E-state index contributed by atoms with van der Waals surface area (Å²) < 4.78 is 4.94. The van der Waals surface area contributed by atoms with Gasteiger partial charge in [0.25, 0.3) is 11.8 Å². The summed E-state index contributed by atoms with van der Waals surface area (Å²) in [5.74, 6) is 0.488. The van der Waals surface area contributed by atoms with Crippen molar-refractivity contribution in [3.05, 3.63) is 65.5 Å². The molecule has 1 aromatic carbocycles. The molecule has 3 rings (SSSR count). The first kappa shape index (κ1) is 20.0. The Morgan fingerprint density at radius 1 is 1.14 bits per heavy atom. The number of amides is 2. The Labute approximate surface area is 165 Å². The van der Waals surface area contributed by atoms with Crippen molar-refractivity contribution in [1.29, 1.82) is 0 Å². The second-order valence-electron chi connectivity index (χ2n) is 7.10. The number of nitrogens with zero attached hydrogens (tertiary/aromatic N) is 2. The van der Waals surface area contributed by atoms with Crippen molar-refractivity contribution in [2.24, 2.45) is 5.92 Å². The Bertz CT molecular complexity index is 769. The number of nitrogens with one attached hydrogen (secondary N) is 1. The lowest BCUT2D eigenvalue weighted by molar-refractivity contribution is 0.0684. The monoisotopic (exact) mass is 381 g/mol. The largest absolute Gasteiger partial charge is 0.383 e. The number of ether oxygens (including phenoxy) is 1. The van der Waals surface area contributed by atoms with E-state index in [1.165, 1.54) is 5.56 Å². The molecule has 6 nitrogen and oxygen atoms in total. The van der Waals surface area contributed by atoms with Crippen LogP contribution in [0.3, 0.4) is 0 Å². The number of likely N-dealkylation sites (tertiary alicyclic amines) is 1. The summed E-state index contributed by atoms with van der Waals surface area (Å²) in [7, 11) is 1.61. The number of benzene rings is 1. The Morgan fingerprint density at radius 3 is 2.54 bits per heavy atom. The van der Waals surface area contributed by atoms with Gasteiger partial charge < -0.3 is 15.0 Å². The van der Waals surface area contributed by atoms with Crippen LogP contribution in [0.25, 0.3) is 0 Å². The predicted molar refractivity (Wildman–Crippen MR) is 107 cm³/mol. The second kappa shape index (κ2) is 9.99. The highest BCUT2D eigenvalue weighted by Crippen LogP contribution is 2.23. The van der Waals surface area contributed by atoms with Gasteiger partial charge in [-0.05, 0) is 55.0 Å². The van der Waals surface area contributed by atoms with Crippen LogP contribution in [0.2, 0.25) is 0 Å². The van der Waals surface area contributed by atoms with Crippen LogP contribution in [-0.2, 0) is 11.2 Å². The predicted octanol–water partition coefficient (Wildman–Crippen LogP) is 2.55. The molecule has 6 heteroatoms. The van der Waals surface area contributed by atoms with Gasteiger partial charge in [0, 0.05) is 38.5 Å². The third kappa shape index (κ3) is 5.39. The van der Waals surface area contributed by atoms with E-state index in [1.54, 1.807) is 19.4 Å². The van der Waals surface area contributed by atoms with Crippen LogP contribution >= 0.6 is 0 Å². The highest BCUT2D eigenvalue weighted by molar-refractivity contribution is 5.94. The molecule has 0 bridgehead atoms. The highest BCUT2D eigenvalue weighted by Gasteiger charge is 2.24. The normalized spacial score (nSPS) is 14.7. The summed E-state index contributed by atoms with van der Waals surface area (Å²) in [5.41, 5.74) is 2.40. The summed E-state index contributed by atoms with van der Waals surface area (Å²) in [6.07, 6.45) is 4.59. The molecule has 1 N–H and O–H groups in total. The van der Waals surface area contributed by atoms with Gasteiger partial charge in [-0.15, -0.1) is 0 Å². The van der Waals surface area contributed by atoms with Gasteiger partial charge in [-0.2, -0.15) is 0 Å². The number of carbonyl (C=O) groups excluding carboxylic acids is 2. The van der Waals surface area contributed by atoms with Crippen LogP contribution in [0.1, 0.15) is 39.3 Å². The molecule has 0 saturated carbocycles. The number of piperidine rings is 1. The number of methoxy groups -OCH3 is 1. The van der Waals surface area contributed by atoms with Crippen molar-refractivity contribution < 1.29 is 14.3 Å². The fourth-order valence-electron chi connectivity index (χ4n) is 3.49. The van der Waals surface area contributed by atoms with Crippen LogP contribution < -0.4 is 5.32 Å². The SMILES string of the molecule is COCCNC(=O)c1ccc(CC2CCN(C(=O)c3ccccn3)CC2)cc1. The summed E-state index contributed by atoms with van der Waals surface area (Å²) in [4.78, 5) is 30.6. The van der Waals surface area contributed by atoms with Crippen molar-refractivity contribution in [2.75, 3.05) is 33.4 Å². The maximum Gasteiger partial charge on any atom is 0.272 e. The van der Waals surface area contributed by atoms with Gasteiger partial charge in [0.2, 0.25) is 0 Å². The summed E-state index contributed by atoms with van der Waals surface area (Å²) >= 11 is 0. The van der Waals surface area contributed by atoms with E-state index < -0.39 is 0 Å². The minimum atomic E-state index is -0.0788. The molecule has 2 amide bonds. The van der Waals surface area contributed by atoms with E-state index >= 15 is 0 Å². The molecule has 148 valence electrons. The smallest absolute Gasteiger partial charge is 0.272 e. The number of carbonyl (C=O) groups is 2. The van der Waals surface area contributed by atoms with Crippen molar-refractivity contribution in [2.45, 2.75) is 19.3 Å². The number of pyridine rings is 1. The molecule has 1 aromatic heterocycles. The van der Waals surface area contributed by atoms with Gasteiger partial charge in [-0.1, -0.05) is 18.2 Å². The van der Waals surface area contributed by atoms with E-state index in [9.17, 15) is 9.59 Å². The van der Waals surface area contributed by atoms with Gasteiger partial charge in [0.15, 0.2) is 0 Å². The van der Waals surface area contributed by atoms with Crippen LogP contribution in [-0.4, -0.2) is 55.0 Å². The number of rotatable bonds is 7. The van der Waals surface area contributed by atoms with Crippen LogP contribution in [0, 0.1) is 5.92 Å². The van der Waals surface area contributed by atoms with E-state index in [1.807, 2.05) is 41.3 Å². The maximum atomic E-state index is 12.5. The van der Waals surface area contributed by atoms with Crippen LogP contribution in [0.15, 0.2) is 48.7 Å². The van der Waals surface area contributed by atoms with E-state index in [0.29, 0.717) is 30.3 Å². The Kier molecular flexibility index (Phi) is 7.14. The number of hydrogen-bond acceptors (Lipinski definition) is 4. The molecule has 1 aliphatic rings. The molecule has 0 aliphatic carbocycles. The summed E-state index contributed by atoms with van der Waals surface area (Å²) in [6, 6.07) is 13.2. The van der Waals surface area contributed by atoms with E-state index in [4.69, 9.17) is 4.74 Å². The second-order valence-corrected chi connectivity index (χ2v) is 7.10. The highest BCUT2D eigenvalue weighted by atomic mass is 16.5. The molecule has 0 spiro atoms. The molecule has 1 fully saturated rings. The molecule has 0 atom stereocenters. The first-order valence-electron chi connectivity index (χ1n) is 9.73. The fraction of sp³-hybridized carbons (Fsp3) is 0.409. The van der Waals surface area contributed by atoms with Gasteiger partial charge in [-0.25, -0.2) is 0 Å². The number of aromatic nitrogens is 1. The quantitative estimate of drug-likeness (QED) is 0.748. The van der Waals surface area contributed by atoms with E-state index in [2.05, 4.69) is 10.3 Å². The summed E-state index contributed by atoms with van der Waals surface area (Å²) in [5, 5.41) is 2.82. The lowest BCUT2D eigenvalue weighted by Gasteiger charge is -2.32. The molecule has 1 aliphatic heterocycles. The van der Waals surface area contributed by atoms with Gasteiger partial charge in [-0.3, -0.25) is 14.6 Å². The van der Waals surface area contributed by atoms with Crippen molar-refractivity contribution in [1.82, 2.24) is 15.2 Å². The molecular formula is C22H27N3O3.